The summed E-state index contributed by atoms with van der Waals surface area (Å²) in [5.41, 5.74) is -0.533. The number of rotatable bonds is 1. The minimum absolute atomic E-state index is 0.0545. The Balaban J connectivity index is 2.59. The summed E-state index contributed by atoms with van der Waals surface area (Å²) in [7, 11) is 1.58. The van der Waals surface area contributed by atoms with E-state index in [9.17, 15) is 14.7 Å². The topological polar surface area (TPSA) is 95.7 Å². The molecule has 0 aromatic carbocycles. The Morgan fingerprint density at radius 1 is 1.47 bits per heavy atom. The van der Waals surface area contributed by atoms with Crippen LogP contribution in [-0.4, -0.2) is 50.4 Å². The zero-order valence-electron chi connectivity index (χ0n) is 7.97. The van der Waals surface area contributed by atoms with E-state index in [0.717, 1.165) is 0 Å². The first kappa shape index (κ1) is 9.50. The van der Waals surface area contributed by atoms with Crippen molar-refractivity contribution in [3.63, 3.8) is 0 Å². The number of carbonyl (C=O) groups is 2. The fourth-order valence-corrected chi connectivity index (χ4v) is 1.50. The SMILES string of the molecule is CN1CCn2nc(C(=O)O)c(O)c2C1=O. The predicted molar refractivity (Wildman–Crippen MR) is 47.8 cm³/mol. The molecule has 0 aliphatic carbocycles. The van der Waals surface area contributed by atoms with E-state index < -0.39 is 23.3 Å². The van der Waals surface area contributed by atoms with Crippen LogP contribution < -0.4 is 0 Å². The van der Waals surface area contributed by atoms with Crippen LogP contribution in [0.5, 0.6) is 5.75 Å². The highest BCUT2D eigenvalue weighted by Crippen LogP contribution is 2.25. The first-order valence-electron chi connectivity index (χ1n) is 4.31. The summed E-state index contributed by atoms with van der Waals surface area (Å²) in [4.78, 5) is 23.7. The molecule has 0 unspecified atom stereocenters. The second kappa shape index (κ2) is 2.97. The van der Waals surface area contributed by atoms with Gasteiger partial charge in [0.15, 0.2) is 11.4 Å². The number of aromatic nitrogens is 2. The maximum atomic E-state index is 11.6. The second-order valence-electron chi connectivity index (χ2n) is 3.30. The lowest BCUT2D eigenvalue weighted by atomic mass is 10.2. The molecule has 1 amide bonds. The highest BCUT2D eigenvalue weighted by atomic mass is 16.4. The van der Waals surface area contributed by atoms with Crippen LogP contribution in [0.1, 0.15) is 21.0 Å². The number of likely N-dealkylation sites (N-methyl/N-ethyl adjacent to an activating group) is 1. The standard InChI is InChI=1S/C8H9N3O4/c1-10-2-3-11-5(7(10)13)6(12)4(9-11)8(14)15/h12H,2-3H2,1H3,(H,14,15). The molecule has 0 saturated carbocycles. The molecule has 1 aromatic rings. The van der Waals surface area contributed by atoms with Crippen molar-refractivity contribution in [3.05, 3.63) is 11.4 Å². The smallest absolute Gasteiger partial charge is 0.360 e. The van der Waals surface area contributed by atoms with Crippen molar-refractivity contribution < 1.29 is 19.8 Å². The molecular weight excluding hydrogens is 202 g/mol. The monoisotopic (exact) mass is 211 g/mol. The lowest BCUT2D eigenvalue weighted by Gasteiger charge is -2.22. The van der Waals surface area contributed by atoms with E-state index in [-0.39, 0.29) is 5.69 Å². The highest BCUT2D eigenvalue weighted by Gasteiger charge is 2.31. The minimum atomic E-state index is -1.34. The average Bonchev–Trinajstić information content (AvgIpc) is 2.50. The number of nitrogens with zero attached hydrogens (tertiary/aromatic N) is 3. The Labute approximate surface area is 84.5 Å². The number of carboxylic acids is 1. The first-order valence-corrected chi connectivity index (χ1v) is 4.31. The maximum absolute atomic E-state index is 11.6. The van der Waals surface area contributed by atoms with Crippen LogP contribution in [0.15, 0.2) is 0 Å². The van der Waals surface area contributed by atoms with Gasteiger partial charge in [0.1, 0.15) is 0 Å². The van der Waals surface area contributed by atoms with Gasteiger partial charge in [0.05, 0.1) is 6.54 Å². The Kier molecular flexibility index (Phi) is 1.88. The van der Waals surface area contributed by atoms with E-state index >= 15 is 0 Å². The normalized spacial score (nSPS) is 15.3. The number of hydrogen-bond donors (Lipinski definition) is 2. The number of carbonyl (C=O) groups excluding carboxylic acids is 1. The molecule has 80 valence electrons. The molecule has 2 heterocycles. The third-order valence-corrected chi connectivity index (χ3v) is 2.33. The minimum Gasteiger partial charge on any atom is -0.503 e. The Bertz CT molecular complexity index is 451. The van der Waals surface area contributed by atoms with Gasteiger partial charge in [0, 0.05) is 13.6 Å². The van der Waals surface area contributed by atoms with E-state index in [4.69, 9.17) is 5.11 Å². The van der Waals surface area contributed by atoms with Crippen molar-refractivity contribution >= 4 is 11.9 Å². The van der Waals surface area contributed by atoms with Gasteiger partial charge in [-0.05, 0) is 0 Å². The van der Waals surface area contributed by atoms with Gasteiger partial charge < -0.3 is 15.1 Å². The number of amides is 1. The molecule has 0 spiro atoms. The Morgan fingerprint density at radius 2 is 2.13 bits per heavy atom. The van der Waals surface area contributed by atoms with E-state index in [1.807, 2.05) is 0 Å². The molecule has 2 rings (SSSR count). The van der Waals surface area contributed by atoms with Crippen LogP contribution in [0, 0.1) is 0 Å². The van der Waals surface area contributed by atoms with Gasteiger partial charge in [-0.25, -0.2) is 4.79 Å². The number of fused-ring (bicyclic) bond motifs is 1. The quantitative estimate of drug-likeness (QED) is 0.645. The van der Waals surface area contributed by atoms with Gasteiger partial charge in [-0.3, -0.25) is 9.48 Å². The highest BCUT2D eigenvalue weighted by molar-refractivity contribution is 6.00. The van der Waals surface area contributed by atoms with Gasteiger partial charge >= 0.3 is 5.97 Å². The van der Waals surface area contributed by atoms with Crippen molar-refractivity contribution in [3.8, 4) is 5.75 Å². The maximum Gasteiger partial charge on any atom is 0.360 e. The van der Waals surface area contributed by atoms with Crippen molar-refractivity contribution in [2.75, 3.05) is 13.6 Å². The number of aromatic carboxylic acids is 1. The van der Waals surface area contributed by atoms with E-state index in [1.54, 1.807) is 7.05 Å². The second-order valence-corrected chi connectivity index (χ2v) is 3.30. The molecule has 1 aliphatic heterocycles. The zero-order chi connectivity index (χ0) is 11.2. The zero-order valence-corrected chi connectivity index (χ0v) is 7.97. The van der Waals surface area contributed by atoms with Crippen molar-refractivity contribution in [1.82, 2.24) is 14.7 Å². The third-order valence-electron chi connectivity index (χ3n) is 2.33. The summed E-state index contributed by atoms with van der Waals surface area (Å²) in [5, 5.41) is 21.9. The van der Waals surface area contributed by atoms with Crippen LogP contribution in [0.4, 0.5) is 0 Å². The Hall–Kier alpha value is -2.05. The van der Waals surface area contributed by atoms with E-state index in [2.05, 4.69) is 5.10 Å². The van der Waals surface area contributed by atoms with Gasteiger partial charge in [0.2, 0.25) is 5.69 Å². The summed E-state index contributed by atoms with van der Waals surface area (Å²) < 4.78 is 1.22. The number of aromatic hydroxyl groups is 1. The molecule has 2 N–H and O–H groups in total. The lowest BCUT2D eigenvalue weighted by molar-refractivity contribution is 0.0684. The number of hydrogen-bond acceptors (Lipinski definition) is 4. The summed E-state index contributed by atoms with van der Waals surface area (Å²) in [5.74, 6) is -2.32. The van der Waals surface area contributed by atoms with Crippen LogP contribution >= 0.6 is 0 Å². The van der Waals surface area contributed by atoms with Crippen molar-refractivity contribution in [1.29, 1.82) is 0 Å². The van der Waals surface area contributed by atoms with Gasteiger partial charge in [-0.1, -0.05) is 0 Å². The lowest BCUT2D eigenvalue weighted by Crippen LogP contribution is -2.37. The molecule has 7 nitrogen and oxygen atoms in total. The molecule has 1 aromatic heterocycles. The summed E-state index contributed by atoms with van der Waals surface area (Å²) in [6, 6.07) is 0. The van der Waals surface area contributed by atoms with Crippen LogP contribution in [0.25, 0.3) is 0 Å². The van der Waals surface area contributed by atoms with Crippen LogP contribution in [-0.2, 0) is 6.54 Å². The average molecular weight is 211 g/mol. The molecule has 1 aliphatic rings. The van der Waals surface area contributed by atoms with Gasteiger partial charge in [0.25, 0.3) is 5.91 Å². The third kappa shape index (κ3) is 1.24. The molecule has 0 atom stereocenters. The number of carboxylic acid groups (broad SMARTS) is 1. The fourth-order valence-electron chi connectivity index (χ4n) is 1.50. The van der Waals surface area contributed by atoms with Gasteiger partial charge in [-0.15, -0.1) is 0 Å². The first-order chi connectivity index (χ1) is 7.02. The molecule has 0 radical (unpaired) electrons. The molecular formula is C8H9N3O4. The van der Waals surface area contributed by atoms with Crippen molar-refractivity contribution in [2.24, 2.45) is 0 Å². The molecule has 0 bridgehead atoms. The summed E-state index contributed by atoms with van der Waals surface area (Å²) >= 11 is 0. The predicted octanol–water partition coefficient (Wildman–Crippen LogP) is -0.627. The largest absolute Gasteiger partial charge is 0.503 e. The molecule has 15 heavy (non-hydrogen) atoms. The molecule has 7 heteroatoms. The Morgan fingerprint density at radius 3 is 2.73 bits per heavy atom. The molecule has 0 fully saturated rings. The van der Waals surface area contributed by atoms with Crippen LogP contribution in [0.2, 0.25) is 0 Å². The van der Waals surface area contributed by atoms with Crippen LogP contribution in [0.3, 0.4) is 0 Å². The molecule has 0 saturated heterocycles. The van der Waals surface area contributed by atoms with E-state index in [1.165, 1.54) is 9.58 Å². The summed E-state index contributed by atoms with van der Waals surface area (Å²) in [6.07, 6.45) is 0. The fraction of sp³-hybridized carbons (Fsp3) is 0.375. The van der Waals surface area contributed by atoms with Gasteiger partial charge in [-0.2, -0.15) is 5.10 Å². The van der Waals surface area contributed by atoms with E-state index in [0.29, 0.717) is 13.1 Å². The van der Waals surface area contributed by atoms with Crippen molar-refractivity contribution in [2.45, 2.75) is 6.54 Å². The summed E-state index contributed by atoms with van der Waals surface area (Å²) in [6.45, 7) is 0.838.